The third kappa shape index (κ3) is 2.01. The van der Waals surface area contributed by atoms with Gasteiger partial charge in [-0.15, -0.1) is 0 Å². The molecule has 2 heterocycles. The van der Waals surface area contributed by atoms with E-state index in [0.717, 1.165) is 5.69 Å². The Hall–Kier alpha value is -1.76. The van der Waals surface area contributed by atoms with Crippen molar-refractivity contribution in [2.45, 2.75) is 13.5 Å². The third-order valence-electron chi connectivity index (χ3n) is 1.92. The van der Waals surface area contributed by atoms with Crippen LogP contribution >= 0.6 is 12.2 Å². The van der Waals surface area contributed by atoms with Crippen LogP contribution in [0.3, 0.4) is 0 Å². The van der Waals surface area contributed by atoms with Gasteiger partial charge in [-0.2, -0.15) is 0 Å². The van der Waals surface area contributed by atoms with E-state index in [0.29, 0.717) is 17.0 Å². The number of hydrogen-bond donors (Lipinski definition) is 2. The summed E-state index contributed by atoms with van der Waals surface area (Å²) in [6.07, 6.45) is 3.28. The van der Waals surface area contributed by atoms with Crippen molar-refractivity contribution in [2.75, 3.05) is 0 Å². The molecular weight excluding hydrogens is 214 g/mol. The average molecular weight is 223 g/mol. The predicted molar refractivity (Wildman–Crippen MR) is 56.1 cm³/mol. The molecule has 0 spiro atoms. The Balaban J connectivity index is 2.34. The first kappa shape index (κ1) is 9.78. The summed E-state index contributed by atoms with van der Waals surface area (Å²) in [7, 11) is 0. The van der Waals surface area contributed by atoms with Crippen molar-refractivity contribution < 1.29 is 0 Å². The molecule has 2 aromatic rings. The van der Waals surface area contributed by atoms with Crippen LogP contribution in [-0.2, 0) is 6.54 Å². The molecule has 0 saturated carbocycles. The van der Waals surface area contributed by atoms with Crippen LogP contribution in [0, 0.1) is 11.7 Å². The highest BCUT2D eigenvalue weighted by Gasteiger charge is 2.02. The molecule has 0 aliphatic carbocycles. The molecule has 15 heavy (non-hydrogen) atoms. The van der Waals surface area contributed by atoms with Crippen molar-refractivity contribution in [1.29, 1.82) is 0 Å². The fourth-order valence-corrected chi connectivity index (χ4v) is 1.34. The van der Waals surface area contributed by atoms with Crippen molar-refractivity contribution >= 4 is 12.2 Å². The van der Waals surface area contributed by atoms with E-state index in [9.17, 15) is 4.79 Å². The van der Waals surface area contributed by atoms with Gasteiger partial charge in [-0.25, -0.2) is 9.89 Å². The number of nitrogens with zero attached hydrogens (tertiary/aromatic N) is 3. The summed E-state index contributed by atoms with van der Waals surface area (Å²) in [5.74, 6) is 0. The van der Waals surface area contributed by atoms with Gasteiger partial charge in [-0.1, -0.05) is 0 Å². The van der Waals surface area contributed by atoms with Crippen LogP contribution in [0.25, 0.3) is 0 Å². The van der Waals surface area contributed by atoms with E-state index in [1.54, 1.807) is 12.4 Å². The van der Waals surface area contributed by atoms with Gasteiger partial charge in [0.2, 0.25) is 0 Å². The van der Waals surface area contributed by atoms with Gasteiger partial charge < -0.3 is 0 Å². The molecule has 0 aromatic carbocycles. The van der Waals surface area contributed by atoms with Crippen molar-refractivity contribution in [3.63, 3.8) is 0 Å². The fourth-order valence-electron chi connectivity index (χ4n) is 1.14. The monoisotopic (exact) mass is 223 g/mol. The van der Waals surface area contributed by atoms with Gasteiger partial charge in [-0.3, -0.25) is 19.6 Å². The molecular formula is C8H9N5OS. The molecule has 0 aliphatic rings. The van der Waals surface area contributed by atoms with E-state index in [2.05, 4.69) is 20.2 Å². The first-order chi connectivity index (χ1) is 7.16. The molecule has 2 rings (SSSR count). The minimum absolute atomic E-state index is 0.276. The Morgan fingerprint density at radius 2 is 2.20 bits per heavy atom. The van der Waals surface area contributed by atoms with E-state index >= 15 is 0 Å². The molecule has 0 unspecified atom stereocenters. The molecule has 0 saturated heterocycles. The molecule has 0 aliphatic heterocycles. The predicted octanol–water partition coefficient (Wildman–Crippen LogP) is 0.381. The topological polar surface area (TPSA) is 79.4 Å². The molecule has 2 aromatic heterocycles. The largest absolute Gasteiger partial charge is 0.342 e. The van der Waals surface area contributed by atoms with Crippen molar-refractivity contribution in [2.24, 2.45) is 0 Å². The molecule has 7 heteroatoms. The summed E-state index contributed by atoms with van der Waals surface area (Å²) >= 11 is 4.93. The van der Waals surface area contributed by atoms with Gasteiger partial charge in [0.1, 0.15) is 0 Å². The summed E-state index contributed by atoms with van der Waals surface area (Å²) in [5.41, 5.74) is 1.26. The minimum Gasteiger partial charge on any atom is -0.272 e. The van der Waals surface area contributed by atoms with Crippen LogP contribution in [0.4, 0.5) is 0 Å². The summed E-state index contributed by atoms with van der Waals surface area (Å²) in [6.45, 7) is 2.18. The van der Waals surface area contributed by atoms with Gasteiger partial charge >= 0.3 is 5.69 Å². The number of rotatable bonds is 2. The van der Waals surface area contributed by atoms with Gasteiger partial charge in [0, 0.05) is 6.20 Å². The molecule has 0 radical (unpaired) electrons. The zero-order valence-electron chi connectivity index (χ0n) is 8.02. The van der Waals surface area contributed by atoms with Gasteiger partial charge in [0.05, 0.1) is 24.1 Å². The maximum atomic E-state index is 11.3. The van der Waals surface area contributed by atoms with Crippen molar-refractivity contribution in [3.8, 4) is 0 Å². The van der Waals surface area contributed by atoms with Crippen LogP contribution in [0.1, 0.15) is 11.4 Å². The second-order valence-corrected chi connectivity index (χ2v) is 3.48. The van der Waals surface area contributed by atoms with E-state index in [1.165, 1.54) is 4.57 Å². The number of aryl methyl sites for hydroxylation is 1. The summed E-state index contributed by atoms with van der Waals surface area (Å²) in [6, 6.07) is 0. The Labute approximate surface area is 90.0 Å². The van der Waals surface area contributed by atoms with Gasteiger partial charge in [-0.05, 0) is 19.1 Å². The molecule has 0 atom stereocenters. The smallest absolute Gasteiger partial charge is 0.272 e. The third-order valence-corrected chi connectivity index (χ3v) is 2.24. The van der Waals surface area contributed by atoms with Crippen LogP contribution in [0.2, 0.25) is 0 Å². The quantitative estimate of drug-likeness (QED) is 0.721. The number of hydrogen-bond acceptors (Lipinski definition) is 4. The molecule has 78 valence electrons. The number of H-pyrrole nitrogens is 2. The lowest BCUT2D eigenvalue weighted by molar-refractivity contribution is 0.726. The SMILES string of the molecule is Cc1cnc(Cn2c(=O)[nH][nH]c2=S)cn1. The lowest BCUT2D eigenvalue weighted by atomic mass is 10.4. The molecule has 0 amide bonds. The maximum absolute atomic E-state index is 11.3. The highest BCUT2D eigenvalue weighted by molar-refractivity contribution is 7.71. The lowest BCUT2D eigenvalue weighted by Crippen LogP contribution is -2.18. The molecule has 0 fully saturated rings. The van der Waals surface area contributed by atoms with Gasteiger partial charge in [0.25, 0.3) is 0 Å². The summed E-state index contributed by atoms with van der Waals surface area (Å²) < 4.78 is 1.73. The maximum Gasteiger partial charge on any atom is 0.342 e. The number of aromatic amines is 2. The first-order valence-corrected chi connectivity index (χ1v) is 4.72. The Kier molecular flexibility index (Phi) is 2.46. The van der Waals surface area contributed by atoms with Crippen molar-refractivity contribution in [1.82, 2.24) is 24.7 Å². The Morgan fingerprint density at radius 3 is 2.73 bits per heavy atom. The normalized spacial score (nSPS) is 10.5. The Bertz CT molecular complexity index is 536. The number of nitrogens with one attached hydrogen (secondary N) is 2. The summed E-state index contributed by atoms with van der Waals surface area (Å²) in [4.78, 5) is 19.5. The van der Waals surface area contributed by atoms with Crippen molar-refractivity contribution in [3.05, 3.63) is 39.0 Å². The van der Waals surface area contributed by atoms with Crippen LogP contribution in [-0.4, -0.2) is 24.7 Å². The van der Waals surface area contributed by atoms with Crippen LogP contribution in [0.15, 0.2) is 17.2 Å². The van der Waals surface area contributed by atoms with E-state index in [-0.39, 0.29) is 5.69 Å². The second kappa shape index (κ2) is 3.77. The summed E-state index contributed by atoms with van der Waals surface area (Å²) in [5, 5.41) is 4.96. The zero-order valence-corrected chi connectivity index (χ0v) is 8.84. The molecule has 0 bridgehead atoms. The molecule has 6 nitrogen and oxygen atoms in total. The average Bonchev–Trinajstić information content (AvgIpc) is 2.53. The standard InChI is InChI=1S/C8H9N5OS/c1-5-2-10-6(3-9-5)4-13-7(14)11-12-8(13)15/h2-3H,4H2,1H3,(H,11,14)(H,12,15). The highest BCUT2D eigenvalue weighted by atomic mass is 32.1. The van der Waals surface area contributed by atoms with E-state index < -0.39 is 0 Å². The van der Waals surface area contributed by atoms with Gasteiger partial charge in [0.15, 0.2) is 4.77 Å². The highest BCUT2D eigenvalue weighted by Crippen LogP contribution is 1.96. The second-order valence-electron chi connectivity index (χ2n) is 3.10. The Morgan fingerprint density at radius 1 is 1.40 bits per heavy atom. The zero-order chi connectivity index (χ0) is 10.8. The minimum atomic E-state index is -0.276. The number of aromatic nitrogens is 5. The first-order valence-electron chi connectivity index (χ1n) is 4.32. The molecule has 2 N–H and O–H groups in total. The van der Waals surface area contributed by atoms with E-state index in [4.69, 9.17) is 12.2 Å². The van der Waals surface area contributed by atoms with E-state index in [1.807, 2.05) is 6.92 Å². The lowest BCUT2D eigenvalue weighted by Gasteiger charge is -1.99. The fraction of sp³-hybridized carbons (Fsp3) is 0.250. The van der Waals surface area contributed by atoms with Crippen LogP contribution < -0.4 is 5.69 Å². The van der Waals surface area contributed by atoms with Crippen LogP contribution in [0.5, 0.6) is 0 Å².